The number of primary amides is 2. The van der Waals surface area contributed by atoms with Crippen LogP contribution in [0.2, 0.25) is 0 Å². The summed E-state index contributed by atoms with van der Waals surface area (Å²) in [6.07, 6.45) is 0.321. The molecular formula is C52H47N15O8S6. The van der Waals surface area contributed by atoms with E-state index in [1.165, 1.54) is 67.0 Å². The van der Waals surface area contributed by atoms with Crippen LogP contribution in [0.25, 0.3) is 43.4 Å². The van der Waals surface area contributed by atoms with Crippen molar-refractivity contribution in [3.05, 3.63) is 118 Å². The van der Waals surface area contributed by atoms with Crippen LogP contribution in [0.3, 0.4) is 0 Å². The van der Waals surface area contributed by atoms with Crippen molar-refractivity contribution in [2.45, 2.75) is 69.9 Å². The molecule has 10 heterocycles. The lowest BCUT2D eigenvalue weighted by atomic mass is 10.1. The summed E-state index contributed by atoms with van der Waals surface area (Å²) in [7, 11) is 0. The van der Waals surface area contributed by atoms with E-state index in [4.69, 9.17) is 41.1 Å². The lowest BCUT2D eigenvalue weighted by Gasteiger charge is -2.21. The molecule has 10 bridgehead atoms. The minimum atomic E-state index is -1.02. The number of ether oxygens (including phenoxy) is 1. The summed E-state index contributed by atoms with van der Waals surface area (Å²) in [5.74, 6) is -4.10. The number of hydrogen-bond acceptors (Lipinski definition) is 22. The summed E-state index contributed by atoms with van der Waals surface area (Å²) in [5, 5.41) is 24.4. The van der Waals surface area contributed by atoms with Crippen LogP contribution in [0.1, 0.15) is 115 Å². The van der Waals surface area contributed by atoms with Crippen molar-refractivity contribution < 1.29 is 38.3 Å². The van der Waals surface area contributed by atoms with E-state index in [1.807, 2.05) is 54.9 Å². The predicted octanol–water partition coefficient (Wildman–Crippen LogP) is 6.05. The van der Waals surface area contributed by atoms with Gasteiger partial charge in [-0.25, -0.2) is 39.9 Å². The first-order valence-corrected chi connectivity index (χ1v) is 30.5. The third kappa shape index (κ3) is 12.1. The van der Waals surface area contributed by atoms with Crippen molar-refractivity contribution in [3.8, 4) is 43.4 Å². The van der Waals surface area contributed by atoms with Gasteiger partial charge in [-0.3, -0.25) is 33.6 Å². The number of aliphatic imine (C=N–C) groups is 1. The molecule has 0 aliphatic carbocycles. The molecule has 8 aromatic rings. The van der Waals surface area contributed by atoms with Crippen molar-refractivity contribution in [3.63, 3.8) is 0 Å². The Bertz CT molecular complexity index is 3770. The topological polar surface area (TPSA) is 335 Å². The predicted molar refractivity (Wildman–Crippen MR) is 305 cm³/mol. The van der Waals surface area contributed by atoms with Crippen molar-refractivity contribution in [2.24, 2.45) is 22.4 Å². The van der Waals surface area contributed by atoms with Crippen molar-refractivity contribution in [2.75, 3.05) is 19.7 Å². The highest BCUT2D eigenvalue weighted by Crippen LogP contribution is 2.39. The fourth-order valence-electron chi connectivity index (χ4n) is 9.12. The molecule has 1 aromatic carbocycles. The van der Waals surface area contributed by atoms with Gasteiger partial charge in [-0.05, 0) is 42.9 Å². The average molecular weight is 1200 g/mol. The molecule has 0 spiro atoms. The van der Waals surface area contributed by atoms with Gasteiger partial charge in [-0.15, -0.1) is 68.0 Å². The first kappa shape index (κ1) is 55.0. The lowest BCUT2D eigenvalue weighted by molar-refractivity contribution is -0.132. The number of carbonyl (C=O) groups excluding carboxylic acids is 7. The zero-order valence-corrected chi connectivity index (χ0v) is 47.7. The molecule has 5 atom stereocenters. The number of likely N-dealkylation sites (tertiary alicyclic amines) is 1. The van der Waals surface area contributed by atoms with Crippen molar-refractivity contribution in [1.82, 2.24) is 61.1 Å². The van der Waals surface area contributed by atoms with E-state index in [0.717, 1.165) is 16.9 Å². The number of aromatic nitrogens is 7. The van der Waals surface area contributed by atoms with Crippen LogP contribution in [0.5, 0.6) is 0 Å². The molecule has 3 aliphatic heterocycles. The number of fused-ring (bicyclic) bond motifs is 14. The molecular weight excluding hydrogens is 1160 g/mol. The van der Waals surface area contributed by atoms with Crippen LogP contribution in [-0.4, -0.2) is 113 Å². The van der Waals surface area contributed by atoms with Crippen LogP contribution < -0.4 is 32.7 Å². The summed E-state index contributed by atoms with van der Waals surface area (Å²) in [4.78, 5) is 133. The molecule has 1 fully saturated rings. The maximum atomic E-state index is 14.1. The number of nitrogens with zero attached hydrogens (tertiary/aromatic N) is 9. The highest BCUT2D eigenvalue weighted by Gasteiger charge is 2.38. The fraction of sp³-hybridized carbons (Fsp3) is 0.288. The summed E-state index contributed by atoms with van der Waals surface area (Å²) in [6.45, 7) is 3.73. The van der Waals surface area contributed by atoms with Gasteiger partial charge in [0, 0.05) is 44.4 Å². The number of nitrogens with two attached hydrogens (primary N) is 2. The smallest absolute Gasteiger partial charge is 0.271 e. The van der Waals surface area contributed by atoms with Crippen LogP contribution in [0, 0.1) is 5.92 Å². The van der Waals surface area contributed by atoms with E-state index in [9.17, 15) is 33.6 Å². The molecule has 414 valence electrons. The second-order valence-electron chi connectivity index (χ2n) is 19.1. The maximum absolute atomic E-state index is 14.1. The number of benzene rings is 1. The quantitative estimate of drug-likeness (QED) is 0.0958. The van der Waals surface area contributed by atoms with Crippen LogP contribution in [0.15, 0.2) is 79.7 Å². The Labute approximate surface area is 484 Å². The summed E-state index contributed by atoms with van der Waals surface area (Å²) >= 11 is 7.38. The minimum Gasteiger partial charge on any atom is -0.370 e. The number of thiazole rings is 6. The Kier molecular flexibility index (Phi) is 16.1. The molecule has 5 unspecified atom stereocenters. The second-order valence-corrected chi connectivity index (χ2v) is 24.4. The van der Waals surface area contributed by atoms with Crippen molar-refractivity contribution >= 4 is 115 Å². The number of carbonyl (C=O) groups is 7. The van der Waals surface area contributed by atoms with Gasteiger partial charge < -0.3 is 42.4 Å². The summed E-state index contributed by atoms with van der Waals surface area (Å²) in [6, 6.07) is 10.2. The zero-order chi connectivity index (χ0) is 56.5. The number of pyridine rings is 1. The van der Waals surface area contributed by atoms with Gasteiger partial charge >= 0.3 is 0 Å². The molecule has 29 heteroatoms. The first-order valence-electron chi connectivity index (χ1n) is 25.2. The number of amides is 7. The molecule has 0 radical (unpaired) electrons. The Morgan fingerprint density at radius 2 is 1.31 bits per heavy atom. The van der Waals surface area contributed by atoms with E-state index in [1.54, 1.807) is 28.3 Å². The van der Waals surface area contributed by atoms with Gasteiger partial charge in [0.25, 0.3) is 23.6 Å². The van der Waals surface area contributed by atoms with Gasteiger partial charge in [0.1, 0.15) is 81.7 Å². The fourth-order valence-corrected chi connectivity index (χ4v) is 14.3. The Balaban J connectivity index is 0.942. The van der Waals surface area contributed by atoms with E-state index in [0.29, 0.717) is 84.9 Å². The third-order valence-electron chi connectivity index (χ3n) is 13.1. The zero-order valence-electron chi connectivity index (χ0n) is 42.8. The summed E-state index contributed by atoms with van der Waals surface area (Å²) < 4.78 is 5.93. The highest BCUT2D eigenvalue weighted by atomic mass is 32.1. The molecule has 11 rings (SSSR count). The number of nitrogens with one attached hydrogen (secondary N) is 4. The van der Waals surface area contributed by atoms with Gasteiger partial charge in [0.05, 0.1) is 43.4 Å². The highest BCUT2D eigenvalue weighted by molar-refractivity contribution is 7.15. The normalized spacial score (nSPS) is 19.8. The minimum absolute atomic E-state index is 0.0202. The van der Waals surface area contributed by atoms with Crippen LogP contribution in [-0.2, 0) is 30.3 Å². The SMILES string of the molecule is CC(C)C1NC(=O)c2csc(n2)C(CC(N)=O)NC(=O)c2csc(n2)-c2ccc(-c3nc(C4N=C(C(=O)N5CCCC5C(N)=O)CO4)cs3)nc2-c2csc(n2)-c2csc(n2)C(Cc2ccccc2)NC(=O)CNC(=O)c2csc1n2. The molecule has 1 saturated heterocycles. The molecule has 81 heavy (non-hydrogen) atoms. The van der Waals surface area contributed by atoms with Crippen LogP contribution in [0.4, 0.5) is 0 Å². The molecule has 7 amide bonds. The van der Waals surface area contributed by atoms with Gasteiger partial charge in [-0.2, -0.15) is 0 Å². The lowest BCUT2D eigenvalue weighted by Crippen LogP contribution is -2.46. The van der Waals surface area contributed by atoms with E-state index in [-0.39, 0.29) is 53.3 Å². The number of rotatable bonds is 9. The largest absolute Gasteiger partial charge is 0.370 e. The molecule has 7 aromatic heterocycles. The maximum Gasteiger partial charge on any atom is 0.271 e. The number of hydrogen-bond donors (Lipinski definition) is 6. The molecule has 3 aliphatic rings. The summed E-state index contributed by atoms with van der Waals surface area (Å²) in [5.41, 5.74) is 15.3. The average Bonchev–Trinajstić information content (AvgIpc) is 4.53. The molecule has 0 saturated carbocycles. The van der Waals surface area contributed by atoms with E-state index >= 15 is 0 Å². The molecule has 23 nitrogen and oxygen atoms in total. The van der Waals surface area contributed by atoms with Gasteiger partial charge in [-0.1, -0.05) is 44.2 Å². The van der Waals surface area contributed by atoms with E-state index < -0.39 is 71.7 Å². The first-order chi connectivity index (χ1) is 39.1. The van der Waals surface area contributed by atoms with E-state index in [2.05, 4.69) is 36.2 Å². The van der Waals surface area contributed by atoms with Gasteiger partial charge in [0.2, 0.25) is 17.7 Å². The van der Waals surface area contributed by atoms with Crippen LogP contribution >= 0.6 is 68.0 Å². The standard InChI is InChI=1S/C52H47N15O8S6/c1-23(2)39-51-63-31(18-81-51)42(71)55-15-38(69)56-27(13-24-7-4-3-5-8-24)48-65-35(22-80-48)50-60-30(17-77-50)40-25(46-61-32(19-76-46)43(72)58-28(14-37(53)68)49-62-33(20-78-49)44(73)66-39)10-11-26(57-40)47-64-34(21-79-47)45-59-29(16-75-45)52(74)67-12-6-9-36(67)41(54)70/h3-5,7-8,10-11,17-23,27-28,36,39,45H,6,9,12-16H2,1-2H3,(H2,53,68)(H2,54,70)(H,55,71)(H,56,69)(H,58,72)(H,66,73). The molecule has 8 N–H and O–H groups in total. The van der Waals surface area contributed by atoms with Crippen molar-refractivity contribution in [1.29, 1.82) is 0 Å². The third-order valence-corrected chi connectivity index (χ3v) is 18.6. The monoisotopic (exact) mass is 1200 g/mol. The Morgan fingerprint density at radius 1 is 0.667 bits per heavy atom. The Morgan fingerprint density at radius 3 is 2.09 bits per heavy atom. The van der Waals surface area contributed by atoms with Gasteiger partial charge in [0.15, 0.2) is 6.23 Å². The second kappa shape index (κ2) is 23.6. The Hall–Kier alpha value is -7.93.